The first kappa shape index (κ1) is 15.9. The fourth-order valence-electron chi connectivity index (χ4n) is 1.75. The number of halogens is 2. The topological polar surface area (TPSA) is 56.0 Å². The van der Waals surface area contributed by atoms with E-state index in [-0.39, 0.29) is 22.1 Å². The molecule has 0 amide bonds. The van der Waals surface area contributed by atoms with Crippen LogP contribution in [0.4, 0.5) is 10.1 Å². The molecule has 3 nitrogen and oxygen atoms in total. The molecular formula is C14H18BrFN2O. The molecule has 1 aromatic rings. The minimum absolute atomic E-state index is 0.0322. The number of anilines is 1. The number of nitrogens with zero attached hydrogens (tertiary/aromatic N) is 1. The minimum atomic E-state index is -0.447. The van der Waals surface area contributed by atoms with Crippen molar-refractivity contribution in [2.24, 2.45) is 5.41 Å². The number of benzene rings is 1. The molecule has 1 aromatic carbocycles. The summed E-state index contributed by atoms with van der Waals surface area (Å²) in [5.41, 5.74) is 0.626. The van der Waals surface area contributed by atoms with Crippen molar-refractivity contribution in [3.63, 3.8) is 0 Å². The maximum atomic E-state index is 14.0. The third kappa shape index (κ3) is 4.48. The van der Waals surface area contributed by atoms with Gasteiger partial charge in [0.05, 0.1) is 15.7 Å². The smallest absolute Gasteiger partial charge is 0.161 e. The van der Waals surface area contributed by atoms with Gasteiger partial charge in [-0.15, -0.1) is 0 Å². The fraction of sp³-hybridized carbons (Fsp3) is 0.500. The second-order valence-electron chi connectivity index (χ2n) is 5.25. The van der Waals surface area contributed by atoms with Gasteiger partial charge in [-0.05, 0) is 46.3 Å². The average molecular weight is 329 g/mol. The summed E-state index contributed by atoms with van der Waals surface area (Å²) < 4.78 is 14.2. The second-order valence-corrected chi connectivity index (χ2v) is 6.04. The summed E-state index contributed by atoms with van der Waals surface area (Å²) in [6.07, 6.45) is 1.59. The Balaban J connectivity index is 2.74. The van der Waals surface area contributed by atoms with Crippen molar-refractivity contribution >= 4 is 21.6 Å². The van der Waals surface area contributed by atoms with Gasteiger partial charge in [-0.25, -0.2) is 4.39 Å². The van der Waals surface area contributed by atoms with E-state index < -0.39 is 5.82 Å². The van der Waals surface area contributed by atoms with Gasteiger partial charge in [0.1, 0.15) is 6.07 Å². The lowest BCUT2D eigenvalue weighted by atomic mass is 9.88. The van der Waals surface area contributed by atoms with Crippen LogP contribution < -0.4 is 5.32 Å². The standard InChI is InChI=1S/C14H18BrFN2O/c1-14(2,6-3-7-19)9-18-11-5-4-10(8-17)12(15)13(11)16/h4-5,18-19H,3,6-7,9H2,1-2H3. The van der Waals surface area contributed by atoms with Crippen LogP contribution in [0.25, 0.3) is 0 Å². The van der Waals surface area contributed by atoms with Crippen molar-refractivity contribution in [2.75, 3.05) is 18.5 Å². The molecule has 2 N–H and O–H groups in total. The first-order valence-corrected chi connectivity index (χ1v) is 6.93. The molecule has 0 aliphatic heterocycles. The highest BCUT2D eigenvalue weighted by atomic mass is 79.9. The number of hydrogen-bond acceptors (Lipinski definition) is 3. The summed E-state index contributed by atoms with van der Waals surface area (Å²) in [7, 11) is 0. The van der Waals surface area contributed by atoms with E-state index in [2.05, 4.69) is 35.1 Å². The highest BCUT2D eigenvalue weighted by molar-refractivity contribution is 9.10. The van der Waals surface area contributed by atoms with E-state index in [1.807, 2.05) is 6.07 Å². The van der Waals surface area contributed by atoms with Crippen LogP contribution in [0.1, 0.15) is 32.3 Å². The quantitative estimate of drug-likeness (QED) is 0.837. The fourth-order valence-corrected chi connectivity index (χ4v) is 2.19. The van der Waals surface area contributed by atoms with E-state index in [9.17, 15) is 4.39 Å². The summed E-state index contributed by atoms with van der Waals surface area (Å²) in [4.78, 5) is 0. The van der Waals surface area contributed by atoms with Crippen LogP contribution in [0.2, 0.25) is 0 Å². The van der Waals surface area contributed by atoms with E-state index in [0.29, 0.717) is 12.2 Å². The van der Waals surface area contributed by atoms with Crippen molar-refractivity contribution in [1.82, 2.24) is 0 Å². The lowest BCUT2D eigenvalue weighted by Gasteiger charge is -2.25. The van der Waals surface area contributed by atoms with Crippen LogP contribution in [0.5, 0.6) is 0 Å². The van der Waals surface area contributed by atoms with Crippen molar-refractivity contribution in [2.45, 2.75) is 26.7 Å². The van der Waals surface area contributed by atoms with Gasteiger partial charge in [-0.1, -0.05) is 13.8 Å². The highest BCUT2D eigenvalue weighted by Gasteiger charge is 2.18. The molecule has 0 aliphatic carbocycles. The Morgan fingerprint density at radius 3 is 2.74 bits per heavy atom. The summed E-state index contributed by atoms with van der Waals surface area (Å²) in [5, 5.41) is 20.7. The van der Waals surface area contributed by atoms with Crippen LogP contribution >= 0.6 is 15.9 Å². The molecule has 0 spiro atoms. The monoisotopic (exact) mass is 328 g/mol. The lowest BCUT2D eigenvalue weighted by molar-refractivity contribution is 0.248. The normalized spacial score (nSPS) is 11.2. The molecule has 0 heterocycles. The Morgan fingerprint density at radius 1 is 1.47 bits per heavy atom. The molecule has 1 rings (SSSR count). The van der Waals surface area contributed by atoms with E-state index in [4.69, 9.17) is 10.4 Å². The molecule has 0 aromatic heterocycles. The highest BCUT2D eigenvalue weighted by Crippen LogP contribution is 2.28. The van der Waals surface area contributed by atoms with Crippen LogP contribution in [0.15, 0.2) is 16.6 Å². The Morgan fingerprint density at radius 2 is 2.16 bits per heavy atom. The predicted octanol–water partition coefficient (Wildman–Crippen LogP) is 3.67. The Kier molecular flexibility index (Phi) is 5.77. The SMILES string of the molecule is CC(C)(CCCO)CNc1ccc(C#N)c(Br)c1F. The van der Waals surface area contributed by atoms with E-state index in [1.54, 1.807) is 12.1 Å². The van der Waals surface area contributed by atoms with Gasteiger partial charge in [0, 0.05) is 13.2 Å². The minimum Gasteiger partial charge on any atom is -0.396 e. The van der Waals surface area contributed by atoms with Gasteiger partial charge < -0.3 is 10.4 Å². The second kappa shape index (κ2) is 6.88. The zero-order chi connectivity index (χ0) is 14.5. The molecule has 0 bridgehead atoms. The first-order valence-electron chi connectivity index (χ1n) is 6.14. The van der Waals surface area contributed by atoms with Gasteiger partial charge in [0.2, 0.25) is 0 Å². The maximum Gasteiger partial charge on any atom is 0.161 e. The predicted molar refractivity (Wildman–Crippen MR) is 77.4 cm³/mol. The molecule has 0 aliphatic rings. The molecule has 0 fully saturated rings. The molecule has 0 unspecified atom stereocenters. The largest absolute Gasteiger partial charge is 0.396 e. The van der Waals surface area contributed by atoms with Crippen molar-refractivity contribution < 1.29 is 9.50 Å². The molecule has 104 valence electrons. The summed E-state index contributed by atoms with van der Waals surface area (Å²) in [5.74, 6) is -0.447. The summed E-state index contributed by atoms with van der Waals surface area (Å²) in [6, 6.07) is 5.07. The number of nitrogens with one attached hydrogen (secondary N) is 1. The average Bonchev–Trinajstić information content (AvgIpc) is 2.38. The number of aliphatic hydroxyl groups is 1. The zero-order valence-electron chi connectivity index (χ0n) is 11.1. The third-order valence-electron chi connectivity index (χ3n) is 2.97. The lowest BCUT2D eigenvalue weighted by Crippen LogP contribution is -2.23. The Labute approximate surface area is 121 Å². The van der Waals surface area contributed by atoms with Crippen LogP contribution in [0, 0.1) is 22.6 Å². The van der Waals surface area contributed by atoms with Gasteiger partial charge in [-0.2, -0.15) is 5.26 Å². The molecular weight excluding hydrogens is 311 g/mol. The Bertz CT molecular complexity index is 483. The van der Waals surface area contributed by atoms with Crippen LogP contribution in [-0.4, -0.2) is 18.3 Å². The van der Waals surface area contributed by atoms with E-state index >= 15 is 0 Å². The number of rotatable bonds is 6. The number of nitriles is 1. The summed E-state index contributed by atoms with van der Waals surface area (Å²) in [6.45, 7) is 4.89. The zero-order valence-corrected chi connectivity index (χ0v) is 12.7. The van der Waals surface area contributed by atoms with Crippen molar-refractivity contribution in [3.8, 4) is 6.07 Å². The van der Waals surface area contributed by atoms with Gasteiger partial charge in [0.25, 0.3) is 0 Å². The Hall–Kier alpha value is -1.12. The van der Waals surface area contributed by atoms with Crippen LogP contribution in [-0.2, 0) is 0 Å². The molecule has 0 saturated carbocycles. The van der Waals surface area contributed by atoms with Crippen LogP contribution in [0.3, 0.4) is 0 Å². The molecule has 0 radical (unpaired) electrons. The first-order chi connectivity index (χ1) is 8.91. The maximum absolute atomic E-state index is 14.0. The molecule has 0 atom stereocenters. The number of hydrogen-bond donors (Lipinski definition) is 2. The van der Waals surface area contributed by atoms with Crippen molar-refractivity contribution in [1.29, 1.82) is 5.26 Å². The number of aliphatic hydroxyl groups excluding tert-OH is 1. The van der Waals surface area contributed by atoms with Gasteiger partial charge >= 0.3 is 0 Å². The van der Waals surface area contributed by atoms with Gasteiger partial charge in [0.15, 0.2) is 5.82 Å². The molecule has 19 heavy (non-hydrogen) atoms. The molecule has 0 saturated heterocycles. The third-order valence-corrected chi connectivity index (χ3v) is 3.75. The molecule has 5 heteroatoms. The van der Waals surface area contributed by atoms with Crippen molar-refractivity contribution in [3.05, 3.63) is 28.0 Å². The summed E-state index contributed by atoms with van der Waals surface area (Å²) >= 11 is 3.08. The van der Waals surface area contributed by atoms with Gasteiger partial charge in [-0.3, -0.25) is 0 Å². The van der Waals surface area contributed by atoms with E-state index in [1.165, 1.54) is 0 Å². The van der Waals surface area contributed by atoms with E-state index in [0.717, 1.165) is 12.8 Å².